The molecule has 0 spiro atoms. The second kappa shape index (κ2) is 6.53. The van der Waals surface area contributed by atoms with Crippen LogP contribution in [0.25, 0.3) is 0 Å². The van der Waals surface area contributed by atoms with Crippen LogP contribution in [0.15, 0.2) is 0 Å². The van der Waals surface area contributed by atoms with Crippen molar-refractivity contribution in [3.05, 3.63) is 0 Å². The second-order valence-electron chi connectivity index (χ2n) is 6.14. The molecule has 1 saturated carbocycles. The van der Waals surface area contributed by atoms with Gasteiger partial charge in [-0.1, -0.05) is 19.8 Å². The lowest BCUT2D eigenvalue weighted by atomic mass is 9.83. The Labute approximate surface area is 110 Å². The Balaban J connectivity index is 1.73. The summed E-state index contributed by atoms with van der Waals surface area (Å²) in [6.07, 6.45) is 6.57. The van der Waals surface area contributed by atoms with Crippen LogP contribution in [-0.4, -0.2) is 53.7 Å². The molecule has 2 fully saturated rings. The quantitative estimate of drug-likeness (QED) is 0.831. The lowest BCUT2D eigenvalue weighted by molar-refractivity contribution is -0.139. The Morgan fingerprint density at radius 1 is 1.17 bits per heavy atom. The highest BCUT2D eigenvalue weighted by atomic mass is 16.4. The minimum Gasteiger partial charge on any atom is -0.480 e. The van der Waals surface area contributed by atoms with Crippen molar-refractivity contribution in [3.63, 3.8) is 0 Å². The Bertz CT molecular complexity index is 275. The number of carboxylic acid groups (broad SMARTS) is 1. The SMILES string of the molecule is CC1CCC(CN2CCCN(CC(=O)O)C2)CC1. The van der Waals surface area contributed by atoms with Gasteiger partial charge < -0.3 is 5.11 Å². The highest BCUT2D eigenvalue weighted by Gasteiger charge is 2.24. The summed E-state index contributed by atoms with van der Waals surface area (Å²) in [5.74, 6) is 1.04. The smallest absolute Gasteiger partial charge is 0.317 e. The van der Waals surface area contributed by atoms with E-state index in [0.717, 1.165) is 38.0 Å². The largest absolute Gasteiger partial charge is 0.480 e. The van der Waals surface area contributed by atoms with E-state index < -0.39 is 5.97 Å². The van der Waals surface area contributed by atoms with Gasteiger partial charge in [0.1, 0.15) is 0 Å². The molecule has 0 atom stereocenters. The second-order valence-corrected chi connectivity index (χ2v) is 6.14. The van der Waals surface area contributed by atoms with Gasteiger partial charge in [-0.05, 0) is 31.1 Å². The van der Waals surface area contributed by atoms with Gasteiger partial charge in [0.05, 0.1) is 13.2 Å². The maximum absolute atomic E-state index is 10.7. The first kappa shape index (κ1) is 13.8. The molecule has 0 bridgehead atoms. The predicted octanol–water partition coefficient (Wildman–Crippen LogP) is 1.86. The third kappa shape index (κ3) is 4.25. The van der Waals surface area contributed by atoms with Gasteiger partial charge in [-0.3, -0.25) is 14.6 Å². The highest BCUT2D eigenvalue weighted by molar-refractivity contribution is 5.69. The molecule has 1 aliphatic heterocycles. The van der Waals surface area contributed by atoms with E-state index in [1.165, 1.54) is 32.2 Å². The summed E-state index contributed by atoms with van der Waals surface area (Å²) in [7, 11) is 0. The zero-order valence-corrected chi connectivity index (χ0v) is 11.5. The van der Waals surface area contributed by atoms with Crippen molar-refractivity contribution in [2.45, 2.75) is 39.0 Å². The van der Waals surface area contributed by atoms with Gasteiger partial charge >= 0.3 is 5.97 Å². The fourth-order valence-corrected chi connectivity index (χ4v) is 3.29. The van der Waals surface area contributed by atoms with Crippen molar-refractivity contribution in [2.24, 2.45) is 11.8 Å². The van der Waals surface area contributed by atoms with Gasteiger partial charge in [-0.15, -0.1) is 0 Å². The molecular weight excluding hydrogens is 228 g/mol. The molecule has 4 nitrogen and oxygen atoms in total. The van der Waals surface area contributed by atoms with Gasteiger partial charge in [0.25, 0.3) is 0 Å². The van der Waals surface area contributed by atoms with E-state index in [-0.39, 0.29) is 6.54 Å². The number of rotatable bonds is 4. The maximum Gasteiger partial charge on any atom is 0.317 e. The number of hydrogen-bond acceptors (Lipinski definition) is 3. The first-order valence-electron chi connectivity index (χ1n) is 7.30. The average Bonchev–Trinajstić information content (AvgIpc) is 2.32. The number of nitrogens with zero attached hydrogens (tertiary/aromatic N) is 2. The van der Waals surface area contributed by atoms with Crippen molar-refractivity contribution in [1.82, 2.24) is 9.80 Å². The van der Waals surface area contributed by atoms with Crippen LogP contribution in [0.4, 0.5) is 0 Å². The number of carbonyl (C=O) groups is 1. The molecule has 1 heterocycles. The van der Waals surface area contributed by atoms with Crippen molar-refractivity contribution in [3.8, 4) is 0 Å². The zero-order chi connectivity index (χ0) is 13.0. The summed E-state index contributed by atoms with van der Waals surface area (Å²) >= 11 is 0. The third-order valence-corrected chi connectivity index (χ3v) is 4.36. The van der Waals surface area contributed by atoms with E-state index in [0.29, 0.717) is 0 Å². The summed E-state index contributed by atoms with van der Waals surface area (Å²) in [4.78, 5) is 15.2. The normalized spacial score (nSPS) is 31.4. The minimum absolute atomic E-state index is 0.193. The molecule has 2 aliphatic rings. The number of hydrogen-bond donors (Lipinski definition) is 1. The molecule has 18 heavy (non-hydrogen) atoms. The van der Waals surface area contributed by atoms with Gasteiger partial charge in [0.15, 0.2) is 0 Å². The van der Waals surface area contributed by atoms with Crippen LogP contribution in [0, 0.1) is 11.8 Å². The summed E-state index contributed by atoms with van der Waals surface area (Å²) in [5, 5.41) is 8.84. The molecule has 0 aromatic carbocycles. The molecule has 1 saturated heterocycles. The molecule has 0 radical (unpaired) electrons. The zero-order valence-electron chi connectivity index (χ0n) is 11.5. The van der Waals surface area contributed by atoms with Crippen LogP contribution < -0.4 is 0 Å². The molecule has 0 amide bonds. The lowest BCUT2D eigenvalue weighted by Gasteiger charge is -2.38. The van der Waals surface area contributed by atoms with Crippen LogP contribution in [0.1, 0.15) is 39.0 Å². The minimum atomic E-state index is -0.705. The van der Waals surface area contributed by atoms with E-state index in [9.17, 15) is 4.79 Å². The first-order valence-corrected chi connectivity index (χ1v) is 7.30. The molecular formula is C14H26N2O2. The first-order chi connectivity index (χ1) is 8.63. The monoisotopic (exact) mass is 254 g/mol. The summed E-state index contributed by atoms with van der Waals surface area (Å²) in [6, 6.07) is 0. The number of carboxylic acids is 1. The fourth-order valence-electron chi connectivity index (χ4n) is 3.29. The summed E-state index contributed by atoms with van der Waals surface area (Å²) < 4.78 is 0. The Hall–Kier alpha value is -0.610. The topological polar surface area (TPSA) is 43.8 Å². The van der Waals surface area contributed by atoms with Gasteiger partial charge in [-0.2, -0.15) is 0 Å². The van der Waals surface area contributed by atoms with Crippen LogP contribution in [0.2, 0.25) is 0 Å². The van der Waals surface area contributed by atoms with Gasteiger partial charge in [0, 0.05) is 19.6 Å². The number of aliphatic carboxylic acids is 1. The van der Waals surface area contributed by atoms with E-state index in [2.05, 4.69) is 16.7 Å². The Morgan fingerprint density at radius 3 is 2.50 bits per heavy atom. The molecule has 0 aromatic rings. The summed E-state index contributed by atoms with van der Waals surface area (Å²) in [6.45, 7) is 6.64. The van der Waals surface area contributed by atoms with Crippen LogP contribution >= 0.6 is 0 Å². The average molecular weight is 254 g/mol. The van der Waals surface area contributed by atoms with Crippen LogP contribution in [0.5, 0.6) is 0 Å². The van der Waals surface area contributed by atoms with Crippen molar-refractivity contribution < 1.29 is 9.90 Å². The molecule has 1 aliphatic carbocycles. The van der Waals surface area contributed by atoms with Gasteiger partial charge in [-0.25, -0.2) is 0 Å². The van der Waals surface area contributed by atoms with E-state index in [1.807, 2.05) is 0 Å². The standard InChI is InChI=1S/C14H26N2O2/c1-12-3-5-13(6-4-12)9-15-7-2-8-16(11-15)10-14(17)18/h12-13H,2-11H2,1H3,(H,17,18). The predicted molar refractivity (Wildman–Crippen MR) is 71.4 cm³/mol. The Kier molecular flexibility index (Phi) is 5.01. The van der Waals surface area contributed by atoms with Crippen LogP contribution in [0.3, 0.4) is 0 Å². The summed E-state index contributed by atoms with van der Waals surface area (Å²) in [5.41, 5.74) is 0. The molecule has 0 aromatic heterocycles. The van der Waals surface area contributed by atoms with E-state index in [4.69, 9.17) is 5.11 Å². The highest BCUT2D eigenvalue weighted by Crippen LogP contribution is 2.29. The maximum atomic E-state index is 10.7. The molecule has 0 unspecified atom stereocenters. The third-order valence-electron chi connectivity index (χ3n) is 4.36. The fraction of sp³-hybridized carbons (Fsp3) is 0.929. The lowest BCUT2D eigenvalue weighted by Crippen LogP contribution is -2.48. The van der Waals surface area contributed by atoms with Crippen molar-refractivity contribution in [2.75, 3.05) is 32.8 Å². The van der Waals surface area contributed by atoms with E-state index >= 15 is 0 Å². The van der Waals surface area contributed by atoms with Crippen LogP contribution in [-0.2, 0) is 4.79 Å². The van der Waals surface area contributed by atoms with E-state index in [1.54, 1.807) is 0 Å². The molecule has 1 N–H and O–H groups in total. The van der Waals surface area contributed by atoms with Crippen molar-refractivity contribution >= 4 is 5.97 Å². The molecule has 104 valence electrons. The van der Waals surface area contributed by atoms with Crippen molar-refractivity contribution in [1.29, 1.82) is 0 Å². The Morgan fingerprint density at radius 2 is 1.83 bits per heavy atom. The molecule has 2 rings (SSSR count). The molecule has 4 heteroatoms. The van der Waals surface area contributed by atoms with Gasteiger partial charge in [0.2, 0.25) is 0 Å².